The van der Waals surface area contributed by atoms with Crippen molar-refractivity contribution in [2.24, 2.45) is 0 Å². The second-order valence-corrected chi connectivity index (χ2v) is 7.76. The Labute approximate surface area is 169 Å². The molecule has 7 heteroatoms. The Bertz CT molecular complexity index is 859. The fraction of sp³-hybridized carbons (Fsp3) is 0.364. The van der Waals surface area contributed by atoms with E-state index in [4.69, 9.17) is 14.2 Å². The average Bonchev–Trinajstić information content (AvgIpc) is 3.08. The van der Waals surface area contributed by atoms with Gasteiger partial charge in [-0.3, -0.25) is 4.90 Å². The molecule has 2 aromatic rings. The molecule has 1 N–H and O–H groups in total. The molecule has 3 rings (SSSR count). The Hall–Kier alpha value is -3.06. The van der Waals surface area contributed by atoms with E-state index in [-0.39, 0.29) is 0 Å². The number of amides is 1. The van der Waals surface area contributed by atoms with Gasteiger partial charge in [0.05, 0.1) is 7.11 Å². The smallest absolute Gasteiger partial charge is 0.413 e. The van der Waals surface area contributed by atoms with Crippen molar-refractivity contribution in [2.45, 2.75) is 44.7 Å². The first-order chi connectivity index (χ1) is 13.7. The van der Waals surface area contributed by atoms with Crippen LogP contribution in [0.1, 0.15) is 44.2 Å². The summed E-state index contributed by atoms with van der Waals surface area (Å²) < 4.78 is 16.7. The lowest BCUT2D eigenvalue weighted by molar-refractivity contribution is -0.150. The fourth-order valence-corrected chi connectivity index (χ4v) is 3.28. The topological polar surface area (TPSA) is 85.3 Å². The average molecular weight is 399 g/mol. The number of aliphatic carboxylic acids is 1. The summed E-state index contributed by atoms with van der Waals surface area (Å²) in [5.41, 5.74) is 0.535. The summed E-state index contributed by atoms with van der Waals surface area (Å²) in [6, 6.07) is 15.1. The Balaban J connectivity index is 2.07. The number of carboxylic acids is 1. The zero-order chi connectivity index (χ0) is 21.2. The second-order valence-electron chi connectivity index (χ2n) is 7.76. The molecule has 1 heterocycles. The molecule has 1 aliphatic rings. The van der Waals surface area contributed by atoms with Crippen molar-refractivity contribution in [1.29, 1.82) is 0 Å². The lowest BCUT2D eigenvalue weighted by Crippen LogP contribution is -2.40. The van der Waals surface area contributed by atoms with Gasteiger partial charge in [-0.2, -0.15) is 0 Å². The summed E-state index contributed by atoms with van der Waals surface area (Å²) in [6.07, 6.45) is -2.80. The van der Waals surface area contributed by atoms with Gasteiger partial charge in [-0.15, -0.1) is 0 Å². The second kappa shape index (κ2) is 8.13. The van der Waals surface area contributed by atoms with Crippen molar-refractivity contribution >= 4 is 12.1 Å². The zero-order valence-electron chi connectivity index (χ0n) is 16.9. The van der Waals surface area contributed by atoms with Crippen molar-refractivity contribution in [3.8, 4) is 5.75 Å². The maximum Gasteiger partial charge on any atom is 0.413 e. The number of rotatable bonds is 4. The van der Waals surface area contributed by atoms with Crippen LogP contribution in [0.15, 0.2) is 54.6 Å². The highest BCUT2D eigenvalue weighted by Crippen LogP contribution is 2.44. The molecular weight excluding hydrogens is 374 g/mol. The van der Waals surface area contributed by atoms with Crippen molar-refractivity contribution < 1.29 is 28.9 Å². The molecule has 1 saturated heterocycles. The third kappa shape index (κ3) is 4.51. The maximum absolute atomic E-state index is 13.1. The van der Waals surface area contributed by atoms with Gasteiger partial charge >= 0.3 is 12.1 Å². The number of carbonyl (C=O) groups excluding carboxylic acids is 1. The van der Waals surface area contributed by atoms with Crippen LogP contribution in [-0.2, 0) is 14.3 Å². The third-order valence-corrected chi connectivity index (χ3v) is 4.50. The van der Waals surface area contributed by atoms with Crippen LogP contribution in [0, 0.1) is 0 Å². The van der Waals surface area contributed by atoms with Gasteiger partial charge < -0.3 is 19.3 Å². The lowest BCUT2D eigenvalue weighted by Gasteiger charge is -2.31. The quantitative estimate of drug-likeness (QED) is 0.831. The van der Waals surface area contributed by atoms with Crippen LogP contribution in [0.4, 0.5) is 4.79 Å². The molecule has 2 aromatic carbocycles. The van der Waals surface area contributed by atoms with Crippen molar-refractivity contribution in [2.75, 3.05) is 7.11 Å². The summed E-state index contributed by atoms with van der Waals surface area (Å²) in [5, 5.41) is 9.80. The fourth-order valence-electron chi connectivity index (χ4n) is 3.28. The van der Waals surface area contributed by atoms with Crippen molar-refractivity contribution in [3.05, 3.63) is 65.7 Å². The molecule has 0 spiro atoms. The van der Waals surface area contributed by atoms with E-state index in [1.165, 1.54) is 4.90 Å². The molecule has 0 unspecified atom stereocenters. The SMILES string of the molecule is COc1ccc([C@@H]2O[C@H](C(=O)O)[C@H](c3ccccc3)N2C(=O)OC(C)(C)C)cc1. The van der Waals surface area contributed by atoms with Crippen molar-refractivity contribution in [1.82, 2.24) is 4.90 Å². The molecule has 154 valence electrons. The first kappa shape index (κ1) is 20.7. The lowest BCUT2D eigenvalue weighted by atomic mass is 10.0. The number of carboxylic acid groups (broad SMARTS) is 1. The number of methoxy groups -OCH3 is 1. The Kier molecular flexibility index (Phi) is 5.79. The van der Waals surface area contributed by atoms with Crippen LogP contribution in [0.5, 0.6) is 5.75 Å². The summed E-state index contributed by atoms with van der Waals surface area (Å²) in [7, 11) is 1.56. The summed E-state index contributed by atoms with van der Waals surface area (Å²) in [6.45, 7) is 5.28. The predicted octanol–water partition coefficient (Wildman–Crippen LogP) is 4.16. The highest BCUT2D eigenvalue weighted by atomic mass is 16.6. The van der Waals surface area contributed by atoms with Gasteiger partial charge in [-0.25, -0.2) is 9.59 Å². The molecule has 29 heavy (non-hydrogen) atoms. The number of nitrogens with zero attached hydrogens (tertiary/aromatic N) is 1. The van der Waals surface area contributed by atoms with Crippen LogP contribution in [-0.4, -0.2) is 40.9 Å². The normalized spacial score (nSPS) is 21.7. The molecule has 7 nitrogen and oxygen atoms in total. The molecule has 3 atom stereocenters. The van der Waals surface area contributed by atoms with Gasteiger partial charge in [-0.1, -0.05) is 42.5 Å². The minimum absolute atomic E-state index is 0.626. The molecule has 0 radical (unpaired) electrons. The summed E-state index contributed by atoms with van der Waals surface area (Å²) >= 11 is 0. The van der Waals surface area contributed by atoms with E-state index in [0.717, 1.165) is 0 Å². The molecule has 0 bridgehead atoms. The molecular formula is C22H25NO6. The molecule has 0 aromatic heterocycles. The van der Waals surface area contributed by atoms with Gasteiger partial charge in [0.15, 0.2) is 12.3 Å². The van der Waals surface area contributed by atoms with Crippen molar-refractivity contribution in [3.63, 3.8) is 0 Å². The van der Waals surface area contributed by atoms with E-state index in [1.807, 2.05) is 6.07 Å². The van der Waals surface area contributed by atoms with Crippen LogP contribution in [0.25, 0.3) is 0 Å². The maximum atomic E-state index is 13.1. The third-order valence-electron chi connectivity index (χ3n) is 4.50. The number of carbonyl (C=O) groups is 2. The summed E-state index contributed by atoms with van der Waals surface area (Å²) in [4.78, 5) is 26.5. The van der Waals surface area contributed by atoms with Crippen LogP contribution in [0.2, 0.25) is 0 Å². The largest absolute Gasteiger partial charge is 0.497 e. The number of hydrogen-bond acceptors (Lipinski definition) is 5. The first-order valence-corrected chi connectivity index (χ1v) is 9.30. The monoisotopic (exact) mass is 399 g/mol. The van der Waals surface area contributed by atoms with Gasteiger partial charge in [0.25, 0.3) is 0 Å². The van der Waals surface area contributed by atoms with E-state index >= 15 is 0 Å². The van der Waals surface area contributed by atoms with Gasteiger partial charge in [0.2, 0.25) is 0 Å². The Morgan fingerprint density at radius 1 is 1.00 bits per heavy atom. The zero-order valence-corrected chi connectivity index (χ0v) is 16.9. The highest BCUT2D eigenvalue weighted by molar-refractivity contribution is 5.77. The van der Waals surface area contributed by atoms with E-state index in [0.29, 0.717) is 16.9 Å². The van der Waals surface area contributed by atoms with Gasteiger partial charge in [0.1, 0.15) is 17.4 Å². The summed E-state index contributed by atoms with van der Waals surface area (Å²) in [5.74, 6) is -0.506. The first-order valence-electron chi connectivity index (χ1n) is 9.30. The number of ether oxygens (including phenoxy) is 3. The van der Waals surface area contributed by atoms with Gasteiger partial charge in [-0.05, 0) is 38.5 Å². The van der Waals surface area contributed by atoms with E-state index < -0.39 is 36.0 Å². The van der Waals surface area contributed by atoms with E-state index in [2.05, 4.69) is 0 Å². The molecule has 1 amide bonds. The Morgan fingerprint density at radius 2 is 1.62 bits per heavy atom. The molecule has 1 aliphatic heterocycles. The minimum Gasteiger partial charge on any atom is -0.497 e. The molecule has 1 fully saturated rings. The standard InChI is InChI=1S/C22H25NO6/c1-22(2,3)29-21(26)23-17(14-8-6-5-7-9-14)18(20(24)25)28-19(23)15-10-12-16(27-4)13-11-15/h5-13,17-19H,1-4H3,(H,24,25)/t17-,18-,19-/m0/s1. The number of benzene rings is 2. The van der Waals surface area contributed by atoms with Crippen LogP contribution < -0.4 is 4.74 Å². The Morgan fingerprint density at radius 3 is 2.14 bits per heavy atom. The van der Waals surface area contributed by atoms with Gasteiger partial charge in [0, 0.05) is 5.56 Å². The van der Waals surface area contributed by atoms with E-state index in [9.17, 15) is 14.7 Å². The number of hydrogen-bond donors (Lipinski definition) is 1. The van der Waals surface area contributed by atoms with Crippen LogP contribution in [0.3, 0.4) is 0 Å². The minimum atomic E-state index is -1.24. The van der Waals surface area contributed by atoms with Crippen LogP contribution >= 0.6 is 0 Å². The van der Waals surface area contributed by atoms with E-state index in [1.54, 1.807) is 76.4 Å². The molecule has 0 saturated carbocycles. The highest BCUT2D eigenvalue weighted by Gasteiger charge is 2.51. The molecule has 0 aliphatic carbocycles. The predicted molar refractivity (Wildman–Crippen MR) is 105 cm³/mol.